The van der Waals surface area contributed by atoms with Crippen molar-refractivity contribution in [3.05, 3.63) is 29.8 Å². The maximum absolute atomic E-state index is 12.4. The fraction of sp³-hybridized carbons (Fsp3) is 0.652. The number of aliphatic hydroxyl groups is 3. The highest BCUT2D eigenvalue weighted by Gasteiger charge is 2.48. The van der Waals surface area contributed by atoms with Gasteiger partial charge in [-0.1, -0.05) is 6.92 Å². The highest BCUT2D eigenvalue weighted by molar-refractivity contribution is 6.08. The summed E-state index contributed by atoms with van der Waals surface area (Å²) in [5.74, 6) is -0.385. The smallest absolute Gasteiger partial charge is 0.170 e. The first-order chi connectivity index (χ1) is 14.7. The van der Waals surface area contributed by atoms with Crippen molar-refractivity contribution < 1.29 is 39.1 Å². The second-order valence-corrected chi connectivity index (χ2v) is 8.66. The van der Waals surface area contributed by atoms with Gasteiger partial charge in [0, 0.05) is 23.8 Å². The van der Waals surface area contributed by atoms with E-state index in [4.69, 9.17) is 14.2 Å². The largest absolute Gasteiger partial charge is 0.497 e. The SMILES string of the molecule is COc1ccc(C(=O)CC(=O)C[C@@H]2OC[C@H](C[C@@H]3O[C@H]3[C@@H](C)[C@H](C)O)[C@@H](O)[C@H]2O)cc1. The highest BCUT2D eigenvalue weighted by Crippen LogP contribution is 2.38. The van der Waals surface area contributed by atoms with Crippen LogP contribution in [0.3, 0.4) is 0 Å². The lowest BCUT2D eigenvalue weighted by Crippen LogP contribution is -2.51. The van der Waals surface area contributed by atoms with Gasteiger partial charge in [-0.3, -0.25) is 9.59 Å². The fourth-order valence-corrected chi connectivity index (χ4v) is 4.07. The van der Waals surface area contributed by atoms with Crippen LogP contribution in [0.2, 0.25) is 0 Å². The van der Waals surface area contributed by atoms with Crippen molar-refractivity contribution in [3.8, 4) is 5.75 Å². The van der Waals surface area contributed by atoms with E-state index in [-0.39, 0.29) is 55.1 Å². The van der Waals surface area contributed by atoms with Crippen LogP contribution in [-0.2, 0) is 14.3 Å². The zero-order chi connectivity index (χ0) is 22.7. The second kappa shape index (κ2) is 10.2. The Balaban J connectivity index is 1.46. The molecule has 31 heavy (non-hydrogen) atoms. The van der Waals surface area contributed by atoms with Gasteiger partial charge in [0.15, 0.2) is 5.78 Å². The highest BCUT2D eigenvalue weighted by atomic mass is 16.6. The van der Waals surface area contributed by atoms with Gasteiger partial charge >= 0.3 is 0 Å². The maximum atomic E-state index is 12.4. The molecule has 0 radical (unpaired) electrons. The van der Waals surface area contributed by atoms with Gasteiger partial charge in [0.2, 0.25) is 0 Å². The van der Waals surface area contributed by atoms with Crippen LogP contribution < -0.4 is 4.74 Å². The minimum absolute atomic E-state index is 0.00909. The van der Waals surface area contributed by atoms with Crippen LogP contribution in [0.1, 0.15) is 43.5 Å². The van der Waals surface area contributed by atoms with Crippen LogP contribution >= 0.6 is 0 Å². The molecule has 2 aliphatic rings. The Bertz CT molecular complexity index is 761. The summed E-state index contributed by atoms with van der Waals surface area (Å²) < 4.78 is 16.3. The Hall–Kier alpha value is -1.84. The molecular formula is C23H32O8. The number of rotatable bonds is 10. The summed E-state index contributed by atoms with van der Waals surface area (Å²) in [6.45, 7) is 3.82. The third-order valence-electron chi connectivity index (χ3n) is 6.37. The minimum Gasteiger partial charge on any atom is -0.497 e. The first-order valence-electron chi connectivity index (χ1n) is 10.7. The second-order valence-electron chi connectivity index (χ2n) is 8.66. The lowest BCUT2D eigenvalue weighted by atomic mass is 9.85. The van der Waals surface area contributed by atoms with Gasteiger partial charge in [0.1, 0.15) is 17.6 Å². The van der Waals surface area contributed by atoms with E-state index in [0.717, 1.165) is 0 Å². The molecule has 2 aliphatic heterocycles. The molecule has 0 amide bonds. The van der Waals surface area contributed by atoms with Crippen molar-refractivity contribution >= 4 is 11.6 Å². The molecule has 0 aliphatic carbocycles. The van der Waals surface area contributed by atoms with E-state index in [1.54, 1.807) is 31.2 Å². The van der Waals surface area contributed by atoms with Crippen molar-refractivity contribution in [3.63, 3.8) is 0 Å². The number of carbonyl (C=O) groups is 2. The number of ether oxygens (including phenoxy) is 3. The van der Waals surface area contributed by atoms with Crippen molar-refractivity contribution in [2.75, 3.05) is 13.7 Å². The molecule has 8 atom stereocenters. The average Bonchev–Trinajstić information content (AvgIpc) is 3.51. The van der Waals surface area contributed by atoms with E-state index in [2.05, 4.69) is 0 Å². The van der Waals surface area contributed by atoms with Crippen molar-refractivity contribution in [1.29, 1.82) is 0 Å². The topological polar surface area (TPSA) is 126 Å². The molecule has 0 saturated carbocycles. The van der Waals surface area contributed by atoms with Crippen LogP contribution in [-0.4, -0.2) is 77.2 Å². The van der Waals surface area contributed by atoms with Crippen LogP contribution in [0.25, 0.3) is 0 Å². The molecule has 8 heteroatoms. The van der Waals surface area contributed by atoms with Gasteiger partial charge in [-0.05, 0) is 37.6 Å². The van der Waals surface area contributed by atoms with Crippen molar-refractivity contribution in [1.82, 2.24) is 0 Å². The minimum atomic E-state index is -1.22. The molecule has 0 bridgehead atoms. The number of methoxy groups -OCH3 is 1. The third-order valence-corrected chi connectivity index (χ3v) is 6.37. The summed E-state index contributed by atoms with van der Waals surface area (Å²) in [5, 5.41) is 30.6. The molecule has 3 N–H and O–H groups in total. The van der Waals surface area contributed by atoms with E-state index in [9.17, 15) is 24.9 Å². The average molecular weight is 437 g/mol. The zero-order valence-corrected chi connectivity index (χ0v) is 18.1. The number of Topliss-reactive ketones (excluding diaryl/α,β-unsaturated/α-hetero) is 2. The summed E-state index contributed by atoms with van der Waals surface area (Å²) in [5.41, 5.74) is 0.407. The Morgan fingerprint density at radius 1 is 1.13 bits per heavy atom. The lowest BCUT2D eigenvalue weighted by Gasteiger charge is -2.37. The Morgan fingerprint density at radius 3 is 2.42 bits per heavy atom. The van der Waals surface area contributed by atoms with Crippen LogP contribution in [0.4, 0.5) is 0 Å². The summed E-state index contributed by atoms with van der Waals surface area (Å²) in [7, 11) is 1.53. The van der Waals surface area contributed by atoms with Crippen molar-refractivity contribution in [2.45, 2.75) is 69.7 Å². The van der Waals surface area contributed by atoms with Gasteiger partial charge < -0.3 is 29.5 Å². The first kappa shape index (κ1) is 23.8. The molecule has 1 aromatic carbocycles. The molecular weight excluding hydrogens is 404 g/mol. The standard InChI is InChI=1S/C23H32O8/c1-12(13(2)24)23-20(31-23)8-15-11-30-19(22(28)21(15)27)10-16(25)9-18(26)14-4-6-17(29-3)7-5-14/h4-7,12-13,15,19-24,27-28H,8-11H2,1-3H3/t12-,13-,15-,19-,20-,21+,22-,23-/m0/s1. The first-order valence-corrected chi connectivity index (χ1v) is 10.7. The number of hydrogen-bond donors (Lipinski definition) is 3. The summed E-state index contributed by atoms with van der Waals surface area (Å²) in [4.78, 5) is 24.7. The Morgan fingerprint density at radius 2 is 1.81 bits per heavy atom. The number of epoxide rings is 1. The predicted molar refractivity (Wildman–Crippen MR) is 111 cm³/mol. The Labute approximate surface area is 182 Å². The van der Waals surface area contributed by atoms with Crippen LogP contribution in [0.5, 0.6) is 5.75 Å². The summed E-state index contributed by atoms with van der Waals surface area (Å²) in [6, 6.07) is 6.50. The summed E-state index contributed by atoms with van der Waals surface area (Å²) >= 11 is 0. The molecule has 3 rings (SSSR count). The Kier molecular flexibility index (Phi) is 7.82. The molecule has 0 aromatic heterocycles. The van der Waals surface area contributed by atoms with E-state index >= 15 is 0 Å². The maximum Gasteiger partial charge on any atom is 0.170 e. The molecule has 2 fully saturated rings. The van der Waals surface area contributed by atoms with Gasteiger partial charge in [-0.15, -0.1) is 0 Å². The fourth-order valence-electron chi connectivity index (χ4n) is 4.07. The van der Waals surface area contributed by atoms with Gasteiger partial charge in [-0.25, -0.2) is 0 Å². The van der Waals surface area contributed by atoms with E-state index in [0.29, 0.717) is 17.7 Å². The van der Waals surface area contributed by atoms with Crippen LogP contribution in [0, 0.1) is 11.8 Å². The van der Waals surface area contributed by atoms with Crippen molar-refractivity contribution in [2.24, 2.45) is 11.8 Å². The molecule has 172 valence electrons. The molecule has 0 spiro atoms. The van der Waals surface area contributed by atoms with Gasteiger partial charge in [0.05, 0.1) is 50.7 Å². The number of aliphatic hydroxyl groups excluding tert-OH is 3. The normalized spacial score (nSPS) is 32.2. The number of hydrogen-bond acceptors (Lipinski definition) is 8. The van der Waals surface area contributed by atoms with Gasteiger partial charge in [0.25, 0.3) is 0 Å². The quantitative estimate of drug-likeness (QED) is 0.283. The third kappa shape index (κ3) is 5.90. The number of benzene rings is 1. The summed E-state index contributed by atoms with van der Waals surface area (Å²) in [6.07, 6.45) is -3.68. The molecule has 2 saturated heterocycles. The van der Waals surface area contributed by atoms with E-state index in [1.165, 1.54) is 7.11 Å². The number of ketones is 2. The van der Waals surface area contributed by atoms with Crippen LogP contribution in [0.15, 0.2) is 24.3 Å². The van der Waals surface area contributed by atoms with Gasteiger partial charge in [-0.2, -0.15) is 0 Å². The monoisotopic (exact) mass is 436 g/mol. The number of carbonyl (C=O) groups excluding carboxylic acids is 2. The molecule has 8 nitrogen and oxygen atoms in total. The molecule has 1 aromatic rings. The molecule has 0 unspecified atom stereocenters. The van der Waals surface area contributed by atoms with E-state index < -0.39 is 24.4 Å². The lowest BCUT2D eigenvalue weighted by molar-refractivity contribution is -0.170. The zero-order valence-electron chi connectivity index (χ0n) is 18.1. The molecule has 2 heterocycles. The predicted octanol–water partition coefficient (Wildman–Crippen LogP) is 1.14. The van der Waals surface area contributed by atoms with E-state index in [1.807, 2.05) is 6.92 Å².